The number of methoxy groups -OCH3 is 1. The number of benzene rings is 1. The predicted octanol–water partition coefficient (Wildman–Crippen LogP) is 2.01. The van der Waals surface area contributed by atoms with Gasteiger partial charge in [-0.1, -0.05) is 6.07 Å². The molecule has 1 saturated carbocycles. The van der Waals surface area contributed by atoms with E-state index in [9.17, 15) is 0 Å². The maximum absolute atomic E-state index is 6.51. The zero-order valence-electron chi connectivity index (χ0n) is 15.8. The maximum Gasteiger partial charge on any atom is 0.242 e. The zero-order valence-corrected chi connectivity index (χ0v) is 15.8. The quantitative estimate of drug-likeness (QED) is 0.562. The lowest BCUT2D eigenvalue weighted by Gasteiger charge is -2.49. The van der Waals surface area contributed by atoms with Gasteiger partial charge in [-0.05, 0) is 43.5 Å². The fourth-order valence-electron chi connectivity index (χ4n) is 4.26. The van der Waals surface area contributed by atoms with Crippen LogP contribution in [0.1, 0.15) is 25.6 Å². The number of ether oxygens (including phenoxy) is 1. The van der Waals surface area contributed by atoms with Crippen LogP contribution in [0.25, 0.3) is 27.7 Å². The summed E-state index contributed by atoms with van der Waals surface area (Å²) in [6.45, 7) is 1.99. The molecule has 0 radical (unpaired) electrons. The first kappa shape index (κ1) is 17.0. The molecule has 1 aliphatic rings. The Hall–Kier alpha value is -3.10. The number of hydrogen-bond donors (Lipinski definition) is 2. The Labute approximate surface area is 161 Å². The van der Waals surface area contributed by atoms with Gasteiger partial charge in [0.2, 0.25) is 5.88 Å². The summed E-state index contributed by atoms with van der Waals surface area (Å²) in [5, 5.41) is 4.67. The van der Waals surface area contributed by atoms with E-state index >= 15 is 0 Å². The first-order valence-corrected chi connectivity index (χ1v) is 9.11. The highest BCUT2D eigenvalue weighted by Gasteiger charge is 2.50. The minimum atomic E-state index is -0.631. The van der Waals surface area contributed by atoms with Crippen LogP contribution >= 0.6 is 0 Å². The van der Waals surface area contributed by atoms with Crippen LogP contribution in [0.4, 0.5) is 0 Å². The largest absolute Gasteiger partial charge is 0.479 e. The molecule has 8 nitrogen and oxygen atoms in total. The molecule has 8 heteroatoms. The summed E-state index contributed by atoms with van der Waals surface area (Å²) >= 11 is 0. The van der Waals surface area contributed by atoms with Gasteiger partial charge in [-0.2, -0.15) is 10.1 Å². The summed E-state index contributed by atoms with van der Waals surface area (Å²) in [6, 6.07) is 7.95. The number of rotatable bonds is 3. The van der Waals surface area contributed by atoms with Crippen molar-refractivity contribution < 1.29 is 4.74 Å². The molecule has 0 spiro atoms. The van der Waals surface area contributed by atoms with Crippen LogP contribution < -0.4 is 16.2 Å². The van der Waals surface area contributed by atoms with Crippen molar-refractivity contribution in [3.8, 4) is 17.0 Å². The standard InChI is InChI=1S/C20H21N7O/c1-19(21)10-20(22,11-19)18-25-17(28-2)16-13(5-8-27(16)26-18)12-3-4-14-15(9-12)24-7-6-23-14/h3-9H,10-11,21-22H2,1-2H3. The maximum atomic E-state index is 6.51. The summed E-state index contributed by atoms with van der Waals surface area (Å²) in [5.74, 6) is 1.03. The average Bonchev–Trinajstić information content (AvgIpc) is 3.09. The Morgan fingerprint density at radius 2 is 1.82 bits per heavy atom. The Kier molecular flexibility index (Phi) is 3.47. The smallest absolute Gasteiger partial charge is 0.242 e. The second-order valence-electron chi connectivity index (χ2n) is 7.89. The normalized spacial score (nSPS) is 24.4. The topological polar surface area (TPSA) is 117 Å². The summed E-state index contributed by atoms with van der Waals surface area (Å²) in [7, 11) is 1.60. The highest BCUT2D eigenvalue weighted by Crippen LogP contribution is 2.44. The van der Waals surface area contributed by atoms with Crippen LogP contribution in [0, 0.1) is 0 Å². The van der Waals surface area contributed by atoms with Crippen molar-refractivity contribution in [2.24, 2.45) is 11.5 Å². The van der Waals surface area contributed by atoms with Crippen LogP contribution in [0.15, 0.2) is 42.9 Å². The molecule has 0 aliphatic heterocycles. The first-order chi connectivity index (χ1) is 13.4. The molecule has 1 aromatic carbocycles. The zero-order chi connectivity index (χ0) is 19.5. The summed E-state index contributed by atoms with van der Waals surface area (Å²) in [4.78, 5) is 13.4. The molecule has 1 aliphatic carbocycles. The van der Waals surface area contributed by atoms with E-state index in [-0.39, 0.29) is 5.54 Å². The van der Waals surface area contributed by atoms with E-state index in [1.165, 1.54) is 0 Å². The molecule has 4 N–H and O–H groups in total. The Morgan fingerprint density at radius 1 is 1.07 bits per heavy atom. The monoisotopic (exact) mass is 375 g/mol. The van der Waals surface area contributed by atoms with Crippen molar-refractivity contribution in [3.05, 3.63) is 48.7 Å². The third-order valence-corrected chi connectivity index (χ3v) is 5.34. The van der Waals surface area contributed by atoms with Crippen molar-refractivity contribution in [1.82, 2.24) is 24.6 Å². The lowest BCUT2D eigenvalue weighted by atomic mass is 9.64. The number of fused-ring (bicyclic) bond motifs is 2. The van der Waals surface area contributed by atoms with Gasteiger partial charge in [0.05, 0.1) is 23.7 Å². The van der Waals surface area contributed by atoms with Gasteiger partial charge >= 0.3 is 0 Å². The molecule has 0 bridgehead atoms. The van der Waals surface area contributed by atoms with Gasteiger partial charge in [-0.15, -0.1) is 0 Å². The molecule has 3 aromatic heterocycles. The fourth-order valence-corrected chi connectivity index (χ4v) is 4.26. The Morgan fingerprint density at radius 3 is 2.54 bits per heavy atom. The van der Waals surface area contributed by atoms with Gasteiger partial charge in [0.25, 0.3) is 0 Å². The second-order valence-corrected chi connectivity index (χ2v) is 7.89. The van der Waals surface area contributed by atoms with Crippen molar-refractivity contribution in [3.63, 3.8) is 0 Å². The van der Waals surface area contributed by atoms with Crippen molar-refractivity contribution >= 4 is 16.6 Å². The third-order valence-electron chi connectivity index (χ3n) is 5.34. The van der Waals surface area contributed by atoms with Gasteiger partial charge in [0.15, 0.2) is 5.82 Å². The Bertz CT molecular complexity index is 1210. The van der Waals surface area contributed by atoms with Crippen LogP contribution in [-0.4, -0.2) is 37.2 Å². The van der Waals surface area contributed by atoms with E-state index in [2.05, 4.69) is 20.1 Å². The second kappa shape index (κ2) is 5.70. The van der Waals surface area contributed by atoms with E-state index in [1.54, 1.807) is 24.0 Å². The number of hydrogen-bond acceptors (Lipinski definition) is 7. The molecule has 4 aromatic rings. The molecule has 142 valence electrons. The lowest BCUT2D eigenvalue weighted by Crippen LogP contribution is -2.63. The minimum Gasteiger partial charge on any atom is -0.479 e. The van der Waals surface area contributed by atoms with Gasteiger partial charge in [0, 0.05) is 29.7 Å². The summed E-state index contributed by atoms with van der Waals surface area (Å²) in [5.41, 5.74) is 16.2. The molecule has 5 rings (SSSR count). The molecule has 3 heterocycles. The lowest BCUT2D eigenvalue weighted by molar-refractivity contribution is 0.114. The molecule has 0 unspecified atom stereocenters. The first-order valence-electron chi connectivity index (χ1n) is 9.11. The van der Waals surface area contributed by atoms with Crippen LogP contribution in [0.3, 0.4) is 0 Å². The van der Waals surface area contributed by atoms with Gasteiger partial charge in [-0.3, -0.25) is 9.97 Å². The highest BCUT2D eigenvalue weighted by atomic mass is 16.5. The Balaban J connectivity index is 1.65. The molecular weight excluding hydrogens is 354 g/mol. The van der Waals surface area contributed by atoms with E-state index < -0.39 is 5.54 Å². The van der Waals surface area contributed by atoms with Crippen LogP contribution in [0.2, 0.25) is 0 Å². The number of nitrogens with two attached hydrogens (primary N) is 2. The van der Waals surface area contributed by atoms with E-state index in [4.69, 9.17) is 16.2 Å². The summed E-state index contributed by atoms with van der Waals surface area (Å²) in [6.07, 6.45) is 6.52. The molecule has 0 atom stereocenters. The SMILES string of the molecule is COc1nc(C2(N)CC(C)(N)C2)nn2ccc(-c3ccc4nccnc4c3)c12. The van der Waals surface area contributed by atoms with Crippen molar-refractivity contribution in [2.45, 2.75) is 30.8 Å². The predicted molar refractivity (Wildman–Crippen MR) is 106 cm³/mol. The van der Waals surface area contributed by atoms with E-state index in [0.29, 0.717) is 24.5 Å². The van der Waals surface area contributed by atoms with Gasteiger partial charge in [0.1, 0.15) is 5.52 Å². The molecule has 0 amide bonds. The van der Waals surface area contributed by atoms with E-state index in [1.807, 2.05) is 37.4 Å². The van der Waals surface area contributed by atoms with Crippen molar-refractivity contribution in [1.29, 1.82) is 0 Å². The third kappa shape index (κ3) is 2.53. The number of aromatic nitrogens is 5. The van der Waals surface area contributed by atoms with E-state index in [0.717, 1.165) is 27.7 Å². The van der Waals surface area contributed by atoms with Crippen LogP contribution in [-0.2, 0) is 5.54 Å². The van der Waals surface area contributed by atoms with Crippen molar-refractivity contribution in [2.75, 3.05) is 7.11 Å². The molecule has 1 fully saturated rings. The number of nitrogens with zero attached hydrogens (tertiary/aromatic N) is 5. The average molecular weight is 375 g/mol. The fraction of sp³-hybridized carbons (Fsp3) is 0.300. The minimum absolute atomic E-state index is 0.283. The molecule has 28 heavy (non-hydrogen) atoms. The van der Waals surface area contributed by atoms with Gasteiger partial charge < -0.3 is 16.2 Å². The highest BCUT2D eigenvalue weighted by molar-refractivity contribution is 5.89. The molecule has 0 saturated heterocycles. The van der Waals surface area contributed by atoms with Gasteiger partial charge in [-0.25, -0.2) is 4.52 Å². The molecular formula is C20H21N7O. The van der Waals surface area contributed by atoms with Crippen LogP contribution in [0.5, 0.6) is 5.88 Å². The summed E-state index contributed by atoms with van der Waals surface area (Å²) < 4.78 is 7.38.